The Bertz CT molecular complexity index is 709. The van der Waals surface area contributed by atoms with Gasteiger partial charge in [0.2, 0.25) is 10.0 Å². The molecule has 0 radical (unpaired) electrons. The van der Waals surface area contributed by atoms with Crippen LogP contribution in [0, 0.1) is 0 Å². The Morgan fingerprint density at radius 1 is 1.07 bits per heavy atom. The van der Waals surface area contributed by atoms with Gasteiger partial charge in [-0.25, -0.2) is 8.42 Å². The number of nitrogens with zero attached hydrogens (tertiary/aromatic N) is 1. The number of quaternary nitrogens is 1. The van der Waals surface area contributed by atoms with Crippen LogP contribution in [0.2, 0.25) is 0 Å². The zero-order chi connectivity index (χ0) is 19.1. The summed E-state index contributed by atoms with van der Waals surface area (Å²) in [5, 5.41) is 2.92. The molecule has 2 heterocycles. The summed E-state index contributed by atoms with van der Waals surface area (Å²) in [5.41, 5.74) is 0.492. The Morgan fingerprint density at radius 3 is 2.41 bits per heavy atom. The molecule has 2 aliphatic rings. The van der Waals surface area contributed by atoms with Gasteiger partial charge in [0.15, 0.2) is 0 Å². The first-order chi connectivity index (χ1) is 13.1. The Hall–Kier alpha value is -1.48. The van der Waals surface area contributed by atoms with E-state index in [0.29, 0.717) is 25.2 Å². The molecule has 0 aliphatic carbocycles. The molecule has 0 unspecified atom stereocenters. The van der Waals surface area contributed by atoms with Gasteiger partial charge in [0.25, 0.3) is 5.91 Å². The van der Waals surface area contributed by atoms with Gasteiger partial charge in [-0.3, -0.25) is 4.79 Å². The van der Waals surface area contributed by atoms with Crippen molar-refractivity contribution in [3.8, 4) is 0 Å². The van der Waals surface area contributed by atoms with Crippen molar-refractivity contribution in [3.63, 3.8) is 0 Å². The maximum absolute atomic E-state index is 12.6. The summed E-state index contributed by atoms with van der Waals surface area (Å²) in [6.07, 6.45) is 3.82. The summed E-state index contributed by atoms with van der Waals surface area (Å²) in [5.74, 6) is -0.158. The van der Waals surface area contributed by atoms with Gasteiger partial charge in [0.05, 0.1) is 24.7 Å². The Morgan fingerprint density at radius 2 is 1.74 bits per heavy atom. The van der Waals surface area contributed by atoms with E-state index in [1.807, 2.05) is 0 Å². The van der Waals surface area contributed by atoms with Crippen LogP contribution in [0.15, 0.2) is 29.2 Å². The minimum absolute atomic E-state index is 0.158. The molecule has 0 atom stereocenters. The van der Waals surface area contributed by atoms with E-state index < -0.39 is 10.0 Å². The predicted octanol–water partition coefficient (Wildman–Crippen LogP) is -0.104. The number of carbonyl (C=O) groups is 1. The fourth-order valence-corrected chi connectivity index (χ4v) is 5.10. The molecule has 2 fully saturated rings. The first-order valence-corrected chi connectivity index (χ1v) is 11.3. The lowest BCUT2D eigenvalue weighted by Crippen LogP contribution is -3.14. The number of morpholine rings is 1. The molecule has 8 heteroatoms. The molecule has 0 spiro atoms. The molecule has 1 amide bonds. The molecule has 0 aromatic heterocycles. The van der Waals surface area contributed by atoms with Gasteiger partial charge < -0.3 is 15.0 Å². The number of benzene rings is 1. The highest BCUT2D eigenvalue weighted by Crippen LogP contribution is 2.20. The standard InChI is InChI=1S/C19H29N3O4S/c23-19(20-9-4-10-21-13-15-26-16-14-21)17-5-7-18(8-6-17)27(24,25)22-11-2-1-3-12-22/h5-8H,1-4,9-16H2,(H,20,23)/p+1. The topological polar surface area (TPSA) is 80.1 Å². The normalized spacial score (nSPS) is 19.7. The second-order valence-electron chi connectivity index (χ2n) is 7.21. The van der Waals surface area contributed by atoms with Crippen molar-refractivity contribution >= 4 is 15.9 Å². The van der Waals surface area contributed by atoms with Crippen LogP contribution in [-0.2, 0) is 14.8 Å². The second kappa shape index (κ2) is 9.64. The first-order valence-electron chi connectivity index (χ1n) is 9.87. The van der Waals surface area contributed by atoms with E-state index in [9.17, 15) is 13.2 Å². The molecule has 2 aliphatic heterocycles. The lowest BCUT2D eigenvalue weighted by atomic mass is 10.2. The number of piperidine rings is 1. The highest BCUT2D eigenvalue weighted by atomic mass is 32.2. The largest absolute Gasteiger partial charge is 0.370 e. The van der Waals surface area contributed by atoms with Crippen LogP contribution in [0.5, 0.6) is 0 Å². The fraction of sp³-hybridized carbons (Fsp3) is 0.632. The van der Waals surface area contributed by atoms with Gasteiger partial charge in [-0.05, 0) is 37.1 Å². The van der Waals surface area contributed by atoms with E-state index in [1.165, 1.54) is 17.0 Å². The maximum atomic E-state index is 12.6. The highest BCUT2D eigenvalue weighted by molar-refractivity contribution is 7.89. The van der Waals surface area contributed by atoms with Crippen LogP contribution in [0.1, 0.15) is 36.0 Å². The zero-order valence-corrected chi connectivity index (χ0v) is 16.6. The molecule has 1 aromatic rings. The number of amides is 1. The second-order valence-corrected chi connectivity index (χ2v) is 9.15. The van der Waals surface area contributed by atoms with Crippen LogP contribution >= 0.6 is 0 Å². The van der Waals surface area contributed by atoms with Crippen molar-refractivity contribution in [2.45, 2.75) is 30.6 Å². The molecular weight excluding hydrogens is 366 g/mol. The van der Waals surface area contributed by atoms with Crippen molar-refractivity contribution in [2.75, 3.05) is 52.5 Å². The summed E-state index contributed by atoms with van der Waals surface area (Å²) in [6.45, 7) is 6.49. The number of rotatable bonds is 7. The molecule has 2 N–H and O–H groups in total. The Kier molecular flexibility index (Phi) is 7.23. The van der Waals surface area contributed by atoms with Crippen molar-refractivity contribution < 1.29 is 22.8 Å². The van der Waals surface area contributed by atoms with E-state index in [4.69, 9.17) is 4.74 Å². The number of hydrogen-bond donors (Lipinski definition) is 2. The first kappa shape index (κ1) is 20.3. The van der Waals surface area contributed by atoms with E-state index in [-0.39, 0.29) is 10.8 Å². The van der Waals surface area contributed by atoms with Gasteiger partial charge in [-0.2, -0.15) is 4.31 Å². The average Bonchev–Trinajstić information content (AvgIpc) is 2.72. The minimum atomic E-state index is -3.45. The third-order valence-corrected chi connectivity index (χ3v) is 7.17. The number of carbonyl (C=O) groups excluding carboxylic acids is 1. The van der Waals surface area contributed by atoms with Crippen LogP contribution in [0.4, 0.5) is 0 Å². The molecule has 7 nitrogen and oxygen atoms in total. The number of sulfonamides is 1. The van der Waals surface area contributed by atoms with E-state index >= 15 is 0 Å². The molecule has 0 bridgehead atoms. The van der Waals surface area contributed by atoms with Gasteiger partial charge >= 0.3 is 0 Å². The van der Waals surface area contributed by atoms with Crippen LogP contribution < -0.4 is 10.2 Å². The quantitative estimate of drug-likeness (QED) is 0.631. The van der Waals surface area contributed by atoms with E-state index in [0.717, 1.165) is 58.5 Å². The van der Waals surface area contributed by atoms with Crippen molar-refractivity contribution in [3.05, 3.63) is 29.8 Å². The van der Waals surface area contributed by atoms with Crippen LogP contribution in [0.25, 0.3) is 0 Å². The fourth-order valence-electron chi connectivity index (χ4n) is 3.59. The average molecular weight is 397 g/mol. The van der Waals surface area contributed by atoms with Crippen molar-refractivity contribution in [1.82, 2.24) is 9.62 Å². The summed E-state index contributed by atoms with van der Waals surface area (Å²) >= 11 is 0. The third-order valence-electron chi connectivity index (χ3n) is 5.26. The summed E-state index contributed by atoms with van der Waals surface area (Å²) in [7, 11) is -3.45. The van der Waals surface area contributed by atoms with Crippen LogP contribution in [-0.4, -0.2) is 71.1 Å². The van der Waals surface area contributed by atoms with Crippen LogP contribution in [0.3, 0.4) is 0 Å². The SMILES string of the molecule is O=C(NCCC[NH+]1CCOCC1)c1ccc(S(=O)(=O)N2CCCCC2)cc1. The Balaban J connectivity index is 1.48. The lowest BCUT2D eigenvalue weighted by Gasteiger charge is -2.25. The number of nitrogens with one attached hydrogen (secondary N) is 2. The van der Waals surface area contributed by atoms with Crippen molar-refractivity contribution in [1.29, 1.82) is 0 Å². The monoisotopic (exact) mass is 396 g/mol. The van der Waals surface area contributed by atoms with Crippen molar-refractivity contribution in [2.24, 2.45) is 0 Å². The molecule has 1 aromatic carbocycles. The van der Waals surface area contributed by atoms with Gasteiger partial charge in [-0.15, -0.1) is 0 Å². The number of ether oxygens (including phenoxy) is 1. The molecular formula is C19H30N3O4S+. The van der Waals surface area contributed by atoms with E-state index in [1.54, 1.807) is 16.4 Å². The van der Waals surface area contributed by atoms with Gasteiger partial charge in [-0.1, -0.05) is 6.42 Å². The smallest absolute Gasteiger partial charge is 0.251 e. The maximum Gasteiger partial charge on any atom is 0.251 e. The van der Waals surface area contributed by atoms with E-state index in [2.05, 4.69) is 5.32 Å². The molecule has 2 saturated heterocycles. The highest BCUT2D eigenvalue weighted by Gasteiger charge is 2.25. The molecule has 3 rings (SSSR count). The summed E-state index contributed by atoms with van der Waals surface area (Å²) in [4.78, 5) is 14.0. The van der Waals surface area contributed by atoms with Gasteiger partial charge in [0, 0.05) is 31.6 Å². The Labute approximate surface area is 161 Å². The zero-order valence-electron chi connectivity index (χ0n) is 15.8. The predicted molar refractivity (Wildman–Crippen MR) is 102 cm³/mol. The third kappa shape index (κ3) is 5.51. The molecule has 0 saturated carbocycles. The summed E-state index contributed by atoms with van der Waals surface area (Å²) in [6, 6.07) is 6.27. The number of hydrogen-bond acceptors (Lipinski definition) is 4. The minimum Gasteiger partial charge on any atom is -0.370 e. The van der Waals surface area contributed by atoms with Gasteiger partial charge in [0.1, 0.15) is 13.1 Å². The summed E-state index contributed by atoms with van der Waals surface area (Å²) < 4.78 is 32.2. The molecule has 27 heavy (non-hydrogen) atoms. The molecule has 150 valence electrons. The lowest BCUT2D eigenvalue weighted by molar-refractivity contribution is -0.908.